The Balaban J connectivity index is 1.59. The van der Waals surface area contributed by atoms with Gasteiger partial charge in [0.2, 0.25) is 0 Å². The van der Waals surface area contributed by atoms with Gasteiger partial charge in [-0.15, -0.1) is 0 Å². The highest BCUT2D eigenvalue weighted by Crippen LogP contribution is 2.37. The van der Waals surface area contributed by atoms with E-state index in [9.17, 15) is 18.4 Å². The van der Waals surface area contributed by atoms with E-state index in [0.717, 1.165) is 37.9 Å². The highest BCUT2D eigenvalue weighted by molar-refractivity contribution is 5.95. The van der Waals surface area contributed by atoms with Gasteiger partial charge in [0, 0.05) is 36.4 Å². The summed E-state index contributed by atoms with van der Waals surface area (Å²) in [6, 6.07) is 8.86. The summed E-state index contributed by atoms with van der Waals surface area (Å²) in [5.74, 6) is -0.936. The van der Waals surface area contributed by atoms with Crippen molar-refractivity contribution in [3.63, 3.8) is 0 Å². The van der Waals surface area contributed by atoms with E-state index in [0.29, 0.717) is 29.2 Å². The molecule has 1 aromatic carbocycles. The summed E-state index contributed by atoms with van der Waals surface area (Å²) in [6.07, 6.45) is -0.341. The molecule has 2 saturated heterocycles. The van der Waals surface area contributed by atoms with Gasteiger partial charge in [-0.25, -0.2) is 0 Å². The maximum Gasteiger partial charge on any atom is 0.393 e. The summed E-state index contributed by atoms with van der Waals surface area (Å²) in [6.45, 7) is 3.08. The maximum atomic E-state index is 13.7. The van der Waals surface area contributed by atoms with Crippen molar-refractivity contribution in [2.45, 2.75) is 31.5 Å². The SMILES string of the molecule is N#Cc1ccc(N2CC(C(F)(F)F)C[C@@H](NCC3CCCNC3)C2)c2cccnc12. The van der Waals surface area contributed by atoms with Crippen LogP contribution in [-0.4, -0.2) is 49.9 Å². The number of hydrogen-bond acceptors (Lipinski definition) is 5. The molecule has 0 saturated carbocycles. The smallest absolute Gasteiger partial charge is 0.369 e. The average molecular weight is 417 g/mol. The zero-order valence-electron chi connectivity index (χ0n) is 16.8. The molecule has 2 fully saturated rings. The minimum atomic E-state index is -4.24. The summed E-state index contributed by atoms with van der Waals surface area (Å²) < 4.78 is 41.1. The van der Waals surface area contributed by atoms with Gasteiger partial charge in [0.05, 0.1) is 17.0 Å². The second kappa shape index (κ2) is 8.78. The van der Waals surface area contributed by atoms with Crippen LogP contribution in [-0.2, 0) is 0 Å². The van der Waals surface area contributed by atoms with Crippen molar-refractivity contribution in [1.82, 2.24) is 15.6 Å². The second-order valence-corrected chi connectivity index (χ2v) is 8.34. The van der Waals surface area contributed by atoms with Crippen molar-refractivity contribution in [2.75, 3.05) is 37.6 Å². The van der Waals surface area contributed by atoms with Crippen molar-refractivity contribution in [3.8, 4) is 6.07 Å². The van der Waals surface area contributed by atoms with Crippen LogP contribution in [0.25, 0.3) is 10.9 Å². The van der Waals surface area contributed by atoms with Crippen molar-refractivity contribution >= 4 is 16.6 Å². The van der Waals surface area contributed by atoms with Gasteiger partial charge in [-0.1, -0.05) is 0 Å². The van der Waals surface area contributed by atoms with Gasteiger partial charge in [0.25, 0.3) is 0 Å². The van der Waals surface area contributed by atoms with E-state index in [-0.39, 0.29) is 19.0 Å². The summed E-state index contributed by atoms with van der Waals surface area (Å²) >= 11 is 0. The van der Waals surface area contributed by atoms with Crippen LogP contribution in [0.2, 0.25) is 0 Å². The molecule has 160 valence electrons. The molecule has 2 N–H and O–H groups in total. The minimum Gasteiger partial charge on any atom is -0.369 e. The Hall–Kier alpha value is -2.37. The lowest BCUT2D eigenvalue weighted by Gasteiger charge is -2.41. The largest absolute Gasteiger partial charge is 0.393 e. The summed E-state index contributed by atoms with van der Waals surface area (Å²) in [7, 11) is 0. The molecule has 0 aliphatic carbocycles. The van der Waals surface area contributed by atoms with Gasteiger partial charge < -0.3 is 15.5 Å². The topological polar surface area (TPSA) is 64.0 Å². The van der Waals surface area contributed by atoms with E-state index in [1.165, 1.54) is 0 Å². The summed E-state index contributed by atoms with van der Waals surface area (Å²) in [4.78, 5) is 6.11. The molecule has 0 amide bonds. The Morgan fingerprint density at radius 2 is 2.13 bits per heavy atom. The average Bonchev–Trinajstić information content (AvgIpc) is 2.77. The number of pyridine rings is 1. The van der Waals surface area contributed by atoms with Crippen LogP contribution in [0.15, 0.2) is 30.5 Å². The molecule has 3 heterocycles. The van der Waals surface area contributed by atoms with Crippen LogP contribution < -0.4 is 15.5 Å². The van der Waals surface area contributed by atoms with Crippen LogP contribution in [0.4, 0.5) is 18.9 Å². The first-order valence-electron chi connectivity index (χ1n) is 10.5. The standard InChI is InChI=1S/C22H26F3N5/c23-22(24,25)17-9-18(29-12-15-3-1-7-27-11-15)14-30(13-17)20-6-5-16(10-26)21-19(20)4-2-8-28-21/h2,4-6,8,15,17-18,27,29H,1,3,7,9,11-14H2/t15?,17?,18-/m1/s1. The highest BCUT2D eigenvalue weighted by Gasteiger charge is 2.44. The third kappa shape index (κ3) is 4.52. The number of nitrogens with one attached hydrogen (secondary N) is 2. The van der Waals surface area contributed by atoms with Gasteiger partial charge in [0.15, 0.2) is 0 Å². The number of hydrogen-bond donors (Lipinski definition) is 2. The summed E-state index contributed by atoms with van der Waals surface area (Å²) in [5, 5.41) is 16.8. The highest BCUT2D eigenvalue weighted by atomic mass is 19.4. The maximum absolute atomic E-state index is 13.7. The quantitative estimate of drug-likeness (QED) is 0.798. The fourth-order valence-electron chi connectivity index (χ4n) is 4.64. The molecule has 0 radical (unpaired) electrons. The van der Waals surface area contributed by atoms with Crippen molar-refractivity contribution < 1.29 is 13.2 Å². The molecule has 3 atom stereocenters. The normalized spacial score (nSPS) is 25.3. The van der Waals surface area contributed by atoms with Crippen LogP contribution in [0.3, 0.4) is 0 Å². The van der Waals surface area contributed by atoms with Gasteiger partial charge in [-0.2, -0.15) is 18.4 Å². The molecule has 4 rings (SSSR count). The van der Waals surface area contributed by atoms with E-state index in [4.69, 9.17) is 0 Å². The Morgan fingerprint density at radius 1 is 1.27 bits per heavy atom. The molecule has 2 aliphatic heterocycles. The molecule has 30 heavy (non-hydrogen) atoms. The van der Waals surface area contributed by atoms with Gasteiger partial charge in [-0.05, 0) is 69.1 Å². The van der Waals surface area contributed by atoms with Gasteiger partial charge >= 0.3 is 6.18 Å². The van der Waals surface area contributed by atoms with Crippen molar-refractivity contribution in [3.05, 3.63) is 36.0 Å². The van der Waals surface area contributed by atoms with Crippen molar-refractivity contribution in [1.29, 1.82) is 5.26 Å². The molecule has 0 spiro atoms. The number of anilines is 1. The summed E-state index contributed by atoms with van der Waals surface area (Å²) in [5.41, 5.74) is 1.67. The molecule has 1 aromatic heterocycles. The number of rotatable bonds is 4. The number of halogens is 3. The third-order valence-corrected chi connectivity index (χ3v) is 6.22. The van der Waals surface area contributed by atoms with E-state index in [1.54, 1.807) is 24.4 Å². The lowest BCUT2D eigenvalue weighted by atomic mass is 9.91. The van der Waals surface area contributed by atoms with Crippen molar-refractivity contribution in [2.24, 2.45) is 11.8 Å². The number of alkyl halides is 3. The van der Waals surface area contributed by atoms with E-state index in [2.05, 4.69) is 21.7 Å². The minimum absolute atomic E-state index is 0.0808. The monoisotopic (exact) mass is 417 g/mol. The lowest BCUT2D eigenvalue weighted by Crippen LogP contribution is -2.54. The number of aromatic nitrogens is 1. The van der Waals surface area contributed by atoms with Crippen LogP contribution in [0.1, 0.15) is 24.8 Å². The number of piperidine rings is 2. The first-order chi connectivity index (χ1) is 14.5. The number of fused-ring (bicyclic) bond motifs is 1. The fraction of sp³-hybridized carbons (Fsp3) is 0.545. The predicted octanol–water partition coefficient (Wildman–Crippen LogP) is 3.45. The molecule has 2 aliphatic rings. The van der Waals surface area contributed by atoms with E-state index in [1.807, 2.05) is 11.0 Å². The molecule has 0 bridgehead atoms. The Bertz CT molecular complexity index is 917. The zero-order valence-corrected chi connectivity index (χ0v) is 16.8. The van der Waals surface area contributed by atoms with Gasteiger partial charge in [0.1, 0.15) is 6.07 Å². The predicted molar refractivity (Wildman–Crippen MR) is 110 cm³/mol. The third-order valence-electron chi connectivity index (χ3n) is 6.22. The lowest BCUT2D eigenvalue weighted by molar-refractivity contribution is -0.177. The van der Waals surface area contributed by atoms with E-state index >= 15 is 0 Å². The second-order valence-electron chi connectivity index (χ2n) is 8.34. The fourth-order valence-corrected chi connectivity index (χ4v) is 4.64. The molecule has 2 aromatic rings. The molecule has 2 unspecified atom stereocenters. The van der Waals surface area contributed by atoms with Crippen LogP contribution >= 0.6 is 0 Å². The number of nitrogens with zero attached hydrogens (tertiary/aromatic N) is 3. The first-order valence-corrected chi connectivity index (χ1v) is 10.5. The van der Waals surface area contributed by atoms with E-state index < -0.39 is 12.1 Å². The van der Waals surface area contributed by atoms with Gasteiger partial charge in [-0.3, -0.25) is 4.98 Å². The van der Waals surface area contributed by atoms with Crippen LogP contribution in [0, 0.1) is 23.2 Å². The zero-order chi connectivity index (χ0) is 21.1. The number of nitriles is 1. The molecule has 8 heteroatoms. The molecule has 5 nitrogen and oxygen atoms in total. The first kappa shape index (κ1) is 20.9. The Kier molecular flexibility index (Phi) is 6.11. The molecular weight excluding hydrogens is 391 g/mol. The van der Waals surface area contributed by atoms with Crippen LogP contribution in [0.5, 0.6) is 0 Å². The Labute approximate surface area is 174 Å². The molecular formula is C22H26F3N5. The Morgan fingerprint density at radius 3 is 2.87 bits per heavy atom. The number of benzene rings is 1.